The molecule has 0 fully saturated rings. The summed E-state index contributed by atoms with van der Waals surface area (Å²) in [6, 6.07) is -1.22. The molecule has 0 saturated carbocycles. The van der Waals surface area contributed by atoms with Crippen LogP contribution in [-0.2, 0) is 9.59 Å². The van der Waals surface area contributed by atoms with Gasteiger partial charge in [-0.2, -0.15) is 0 Å². The van der Waals surface area contributed by atoms with E-state index in [4.69, 9.17) is 15.9 Å². The molecule has 0 bridgehead atoms. The molecule has 0 radical (unpaired) electrons. The Bertz CT molecular complexity index is 241. The average molecular weight is 232 g/mol. The molecule has 0 aliphatic rings. The number of carbonyl (C=O) groups excluding carboxylic acids is 1. The number of aliphatic hydroxyl groups is 1. The van der Waals surface area contributed by atoms with Crippen LogP contribution in [0.3, 0.4) is 0 Å². The molecule has 16 heavy (non-hydrogen) atoms. The summed E-state index contributed by atoms with van der Waals surface area (Å²) < 4.78 is 0. The van der Waals surface area contributed by atoms with Crippen molar-refractivity contribution in [2.24, 2.45) is 5.73 Å². The molecule has 6 heteroatoms. The topological polar surface area (TPSA) is 113 Å². The van der Waals surface area contributed by atoms with Crippen molar-refractivity contribution >= 4 is 11.9 Å². The smallest absolute Gasteiger partial charge is 0.328 e. The molecule has 1 unspecified atom stereocenters. The number of hydrogen-bond donors (Lipinski definition) is 4. The van der Waals surface area contributed by atoms with Crippen LogP contribution in [0.4, 0.5) is 0 Å². The number of hydrogen-bond acceptors (Lipinski definition) is 4. The van der Waals surface area contributed by atoms with Crippen LogP contribution < -0.4 is 11.1 Å². The van der Waals surface area contributed by atoms with Gasteiger partial charge in [-0.05, 0) is 26.7 Å². The highest BCUT2D eigenvalue weighted by molar-refractivity contribution is 5.83. The molecule has 94 valence electrons. The average Bonchev–Trinajstić information content (AvgIpc) is 2.12. The number of aliphatic hydroxyl groups excluding tert-OH is 1. The summed E-state index contributed by atoms with van der Waals surface area (Å²) in [4.78, 5) is 22.0. The lowest BCUT2D eigenvalue weighted by molar-refractivity contribution is -0.144. The van der Waals surface area contributed by atoms with Gasteiger partial charge >= 0.3 is 5.97 Å². The van der Waals surface area contributed by atoms with Gasteiger partial charge in [-0.1, -0.05) is 0 Å². The Balaban J connectivity index is 3.97. The quantitative estimate of drug-likeness (QED) is 0.470. The van der Waals surface area contributed by atoms with Gasteiger partial charge in [0.1, 0.15) is 0 Å². The van der Waals surface area contributed by atoms with Crippen molar-refractivity contribution in [1.29, 1.82) is 0 Å². The van der Waals surface area contributed by atoms with E-state index in [1.807, 2.05) is 6.92 Å². The van der Waals surface area contributed by atoms with E-state index in [0.29, 0.717) is 12.8 Å². The predicted molar refractivity (Wildman–Crippen MR) is 58.7 cm³/mol. The SMILES string of the molecule is CC(N)CCCC(=O)N[C@H](C(=O)O)[C@@H](C)O. The molecule has 5 N–H and O–H groups in total. The minimum Gasteiger partial charge on any atom is -0.480 e. The van der Waals surface area contributed by atoms with Crippen LogP contribution in [0.1, 0.15) is 33.1 Å². The number of carboxylic acid groups (broad SMARTS) is 1. The highest BCUT2D eigenvalue weighted by Crippen LogP contribution is 2.00. The van der Waals surface area contributed by atoms with Gasteiger partial charge in [0.15, 0.2) is 6.04 Å². The Hall–Kier alpha value is -1.14. The van der Waals surface area contributed by atoms with Gasteiger partial charge in [-0.15, -0.1) is 0 Å². The summed E-state index contributed by atoms with van der Waals surface area (Å²) in [6.07, 6.45) is 0.419. The fraction of sp³-hybridized carbons (Fsp3) is 0.800. The Morgan fingerprint density at radius 2 is 1.94 bits per heavy atom. The van der Waals surface area contributed by atoms with Crippen molar-refractivity contribution in [3.05, 3.63) is 0 Å². The van der Waals surface area contributed by atoms with Crippen molar-refractivity contribution in [1.82, 2.24) is 5.32 Å². The first-order valence-electron chi connectivity index (χ1n) is 5.30. The van der Waals surface area contributed by atoms with Crippen LogP contribution in [0, 0.1) is 0 Å². The van der Waals surface area contributed by atoms with Crippen LogP contribution in [0.2, 0.25) is 0 Å². The maximum atomic E-state index is 11.3. The Labute approximate surface area is 94.8 Å². The molecular formula is C10H20N2O4. The zero-order chi connectivity index (χ0) is 12.7. The maximum Gasteiger partial charge on any atom is 0.328 e. The first-order chi connectivity index (χ1) is 7.34. The van der Waals surface area contributed by atoms with Gasteiger partial charge in [0.2, 0.25) is 5.91 Å². The lowest BCUT2D eigenvalue weighted by Crippen LogP contribution is -2.47. The van der Waals surface area contributed by atoms with Crippen LogP contribution in [0.25, 0.3) is 0 Å². The maximum absolute atomic E-state index is 11.3. The minimum absolute atomic E-state index is 0.0276. The molecule has 0 aliphatic carbocycles. The van der Waals surface area contributed by atoms with Crippen molar-refractivity contribution < 1.29 is 19.8 Å². The van der Waals surface area contributed by atoms with E-state index < -0.39 is 18.1 Å². The molecule has 0 aromatic rings. The third kappa shape index (κ3) is 6.36. The van der Waals surface area contributed by atoms with E-state index in [2.05, 4.69) is 5.32 Å². The zero-order valence-electron chi connectivity index (χ0n) is 9.64. The van der Waals surface area contributed by atoms with Gasteiger partial charge in [0.05, 0.1) is 6.10 Å². The van der Waals surface area contributed by atoms with Gasteiger partial charge in [0, 0.05) is 12.5 Å². The molecule has 0 heterocycles. The molecule has 6 nitrogen and oxygen atoms in total. The summed E-state index contributed by atoms with van der Waals surface area (Å²) in [5.74, 6) is -1.62. The third-order valence-electron chi connectivity index (χ3n) is 2.13. The summed E-state index contributed by atoms with van der Waals surface area (Å²) in [6.45, 7) is 3.16. The molecule has 0 aromatic heterocycles. The van der Waals surface area contributed by atoms with Gasteiger partial charge in [0.25, 0.3) is 0 Å². The second-order valence-electron chi connectivity index (χ2n) is 3.99. The standard InChI is InChI=1S/C10H20N2O4/c1-6(11)4-3-5-8(14)12-9(7(2)13)10(15)16/h6-7,9,13H,3-5,11H2,1-2H3,(H,12,14)(H,15,16)/t6?,7-,9+/m1/s1. The number of carboxylic acids is 1. The van der Waals surface area contributed by atoms with Gasteiger partial charge in [-0.3, -0.25) is 4.79 Å². The van der Waals surface area contributed by atoms with Crippen molar-refractivity contribution in [3.63, 3.8) is 0 Å². The largest absolute Gasteiger partial charge is 0.480 e. The predicted octanol–water partition coefficient (Wildman–Crippen LogP) is -0.546. The fourth-order valence-corrected chi connectivity index (χ4v) is 1.22. The van der Waals surface area contributed by atoms with Gasteiger partial charge < -0.3 is 21.3 Å². The molecule has 0 saturated heterocycles. The number of nitrogens with two attached hydrogens (primary N) is 1. The summed E-state index contributed by atoms with van der Waals surface area (Å²) in [5, 5.41) is 20.1. The summed E-state index contributed by atoms with van der Waals surface area (Å²) in [7, 11) is 0. The van der Waals surface area contributed by atoms with Crippen molar-refractivity contribution in [2.45, 2.75) is 51.3 Å². The first-order valence-corrected chi connectivity index (χ1v) is 5.30. The number of carbonyl (C=O) groups is 2. The molecule has 0 rings (SSSR count). The fourth-order valence-electron chi connectivity index (χ4n) is 1.22. The first kappa shape index (κ1) is 14.9. The van der Waals surface area contributed by atoms with Crippen LogP contribution in [0.5, 0.6) is 0 Å². The summed E-state index contributed by atoms with van der Waals surface area (Å²) >= 11 is 0. The van der Waals surface area contributed by atoms with Crippen molar-refractivity contribution in [2.75, 3.05) is 0 Å². The lowest BCUT2D eigenvalue weighted by atomic mass is 10.1. The van der Waals surface area contributed by atoms with Crippen LogP contribution in [-0.4, -0.2) is 40.3 Å². The highest BCUT2D eigenvalue weighted by atomic mass is 16.4. The number of amides is 1. The summed E-state index contributed by atoms with van der Waals surface area (Å²) in [5.41, 5.74) is 5.51. The van der Waals surface area contributed by atoms with E-state index in [9.17, 15) is 9.59 Å². The van der Waals surface area contributed by atoms with E-state index in [-0.39, 0.29) is 18.4 Å². The lowest BCUT2D eigenvalue weighted by Gasteiger charge is -2.17. The molecule has 0 spiro atoms. The molecule has 0 aliphatic heterocycles. The minimum atomic E-state index is -1.25. The van der Waals surface area contributed by atoms with Crippen LogP contribution >= 0.6 is 0 Å². The van der Waals surface area contributed by atoms with E-state index >= 15 is 0 Å². The van der Waals surface area contributed by atoms with Gasteiger partial charge in [-0.25, -0.2) is 4.79 Å². The Morgan fingerprint density at radius 1 is 1.38 bits per heavy atom. The second-order valence-corrected chi connectivity index (χ2v) is 3.99. The highest BCUT2D eigenvalue weighted by Gasteiger charge is 2.24. The molecular weight excluding hydrogens is 212 g/mol. The molecule has 0 aromatic carbocycles. The number of aliphatic carboxylic acids is 1. The second kappa shape index (κ2) is 7.19. The Morgan fingerprint density at radius 3 is 2.31 bits per heavy atom. The van der Waals surface area contributed by atoms with E-state index in [1.165, 1.54) is 6.92 Å². The van der Waals surface area contributed by atoms with E-state index in [1.54, 1.807) is 0 Å². The third-order valence-corrected chi connectivity index (χ3v) is 2.13. The normalized spacial score (nSPS) is 16.2. The molecule has 3 atom stereocenters. The monoisotopic (exact) mass is 232 g/mol. The number of rotatable bonds is 7. The van der Waals surface area contributed by atoms with Crippen molar-refractivity contribution in [3.8, 4) is 0 Å². The molecule has 1 amide bonds. The zero-order valence-corrected chi connectivity index (χ0v) is 9.64. The number of nitrogens with one attached hydrogen (secondary N) is 1. The van der Waals surface area contributed by atoms with E-state index in [0.717, 1.165) is 0 Å². The Kier molecular flexibility index (Phi) is 6.67. The van der Waals surface area contributed by atoms with Crippen LogP contribution in [0.15, 0.2) is 0 Å².